The van der Waals surface area contributed by atoms with E-state index >= 15 is 0 Å². The molecule has 0 aromatic carbocycles. The molecule has 2 amide bonds. The predicted octanol–water partition coefficient (Wildman–Crippen LogP) is 3.48. The van der Waals surface area contributed by atoms with E-state index in [0.717, 1.165) is 36.1 Å². The summed E-state index contributed by atoms with van der Waals surface area (Å²) in [5.74, 6) is 0.0260. The van der Waals surface area contributed by atoms with Crippen molar-refractivity contribution < 1.29 is 9.59 Å². The molecule has 1 saturated carbocycles. The van der Waals surface area contributed by atoms with Crippen molar-refractivity contribution >= 4 is 23.2 Å². The van der Waals surface area contributed by atoms with Crippen molar-refractivity contribution in [1.82, 2.24) is 15.2 Å². The average Bonchev–Trinajstić information content (AvgIpc) is 3.36. The molecule has 6 heteroatoms. The first-order valence-corrected chi connectivity index (χ1v) is 10.6. The van der Waals surface area contributed by atoms with Gasteiger partial charge in [0.2, 0.25) is 5.91 Å². The highest BCUT2D eigenvalue weighted by Gasteiger charge is 2.51. The summed E-state index contributed by atoms with van der Waals surface area (Å²) < 4.78 is 0. The van der Waals surface area contributed by atoms with E-state index in [1.807, 2.05) is 34.5 Å². The molecule has 27 heavy (non-hydrogen) atoms. The van der Waals surface area contributed by atoms with Crippen molar-refractivity contribution in [3.8, 4) is 0 Å². The van der Waals surface area contributed by atoms with E-state index in [1.54, 1.807) is 12.4 Å². The maximum Gasteiger partial charge on any atom is 0.263 e. The van der Waals surface area contributed by atoms with Gasteiger partial charge in [0, 0.05) is 37.4 Å². The van der Waals surface area contributed by atoms with Gasteiger partial charge in [0.1, 0.15) is 0 Å². The lowest BCUT2D eigenvalue weighted by molar-refractivity contribution is -0.128. The van der Waals surface area contributed by atoms with Crippen LogP contribution in [0.4, 0.5) is 0 Å². The van der Waals surface area contributed by atoms with E-state index in [2.05, 4.69) is 10.3 Å². The Labute approximate surface area is 163 Å². The number of likely N-dealkylation sites (tertiary alicyclic amines) is 1. The van der Waals surface area contributed by atoms with Crippen molar-refractivity contribution in [2.45, 2.75) is 38.6 Å². The molecule has 3 heterocycles. The highest BCUT2D eigenvalue weighted by molar-refractivity contribution is 7.12. The van der Waals surface area contributed by atoms with Crippen LogP contribution in [0.25, 0.3) is 0 Å². The fourth-order valence-corrected chi connectivity index (χ4v) is 5.31. The lowest BCUT2D eigenvalue weighted by Gasteiger charge is -2.37. The van der Waals surface area contributed by atoms with Crippen molar-refractivity contribution in [2.75, 3.05) is 13.1 Å². The number of rotatable bonds is 4. The number of thiophene rings is 1. The van der Waals surface area contributed by atoms with E-state index < -0.39 is 0 Å². The van der Waals surface area contributed by atoms with Crippen LogP contribution in [-0.4, -0.2) is 34.8 Å². The smallest absolute Gasteiger partial charge is 0.263 e. The Morgan fingerprint density at radius 2 is 1.96 bits per heavy atom. The lowest BCUT2D eigenvalue weighted by atomic mass is 9.67. The number of nitrogens with zero attached hydrogens (tertiary/aromatic N) is 2. The van der Waals surface area contributed by atoms with Crippen molar-refractivity contribution in [3.63, 3.8) is 0 Å². The maximum absolute atomic E-state index is 13.1. The SMILES string of the molecule is O=C(NCc1ccncc1)C1CN(C(=O)c2cccs2)CC12CCCCC2. The highest BCUT2D eigenvalue weighted by atomic mass is 32.1. The number of nitrogens with one attached hydrogen (secondary N) is 1. The zero-order valence-corrected chi connectivity index (χ0v) is 16.2. The summed E-state index contributed by atoms with van der Waals surface area (Å²) in [5, 5.41) is 5.03. The van der Waals surface area contributed by atoms with Crippen LogP contribution < -0.4 is 5.32 Å². The van der Waals surface area contributed by atoms with Gasteiger partial charge in [-0.3, -0.25) is 14.6 Å². The number of carbonyl (C=O) groups excluding carboxylic acids is 2. The van der Waals surface area contributed by atoms with Gasteiger partial charge in [-0.1, -0.05) is 25.3 Å². The average molecular weight is 384 g/mol. The van der Waals surface area contributed by atoms with Crippen molar-refractivity contribution in [2.24, 2.45) is 11.3 Å². The second kappa shape index (κ2) is 7.80. The molecule has 2 aromatic heterocycles. The fourth-order valence-electron chi connectivity index (χ4n) is 4.62. The summed E-state index contributed by atoms with van der Waals surface area (Å²) in [5.41, 5.74) is 0.980. The minimum atomic E-state index is -0.122. The number of hydrogen-bond acceptors (Lipinski definition) is 4. The number of carbonyl (C=O) groups is 2. The first kappa shape index (κ1) is 18.2. The number of pyridine rings is 1. The molecule has 2 aromatic rings. The fraction of sp³-hybridized carbons (Fsp3) is 0.476. The van der Waals surface area contributed by atoms with E-state index in [1.165, 1.54) is 17.8 Å². The van der Waals surface area contributed by atoms with Gasteiger partial charge in [0.25, 0.3) is 5.91 Å². The molecular formula is C21H25N3O2S. The zero-order chi connectivity index (χ0) is 18.7. The number of amides is 2. The molecule has 4 rings (SSSR count). The summed E-state index contributed by atoms with van der Waals surface area (Å²) in [7, 11) is 0. The summed E-state index contributed by atoms with van der Waals surface area (Å²) in [6, 6.07) is 7.61. The summed E-state index contributed by atoms with van der Waals surface area (Å²) in [4.78, 5) is 32.7. The van der Waals surface area contributed by atoms with Crippen LogP contribution in [0.2, 0.25) is 0 Å². The Morgan fingerprint density at radius 1 is 1.19 bits per heavy atom. The lowest BCUT2D eigenvalue weighted by Crippen LogP contribution is -2.42. The van der Waals surface area contributed by atoms with Crippen LogP contribution in [0.15, 0.2) is 42.0 Å². The molecule has 0 radical (unpaired) electrons. The first-order chi connectivity index (χ1) is 13.2. The zero-order valence-electron chi connectivity index (χ0n) is 15.4. The molecule has 1 spiro atoms. The van der Waals surface area contributed by atoms with Crippen LogP contribution in [0.1, 0.15) is 47.3 Å². The number of hydrogen-bond donors (Lipinski definition) is 1. The third-order valence-corrected chi connectivity index (χ3v) is 6.91. The second-order valence-electron chi connectivity index (χ2n) is 7.71. The molecular weight excluding hydrogens is 358 g/mol. The quantitative estimate of drug-likeness (QED) is 0.879. The first-order valence-electron chi connectivity index (χ1n) is 9.67. The van der Waals surface area contributed by atoms with E-state index in [0.29, 0.717) is 19.6 Å². The number of aromatic nitrogens is 1. The standard InChI is InChI=1S/C21H25N3O2S/c25-19(23-13-16-6-10-22-11-7-16)17-14-24(20(26)18-5-4-12-27-18)15-21(17)8-2-1-3-9-21/h4-7,10-12,17H,1-3,8-9,13-15H2,(H,23,25). The van der Waals surface area contributed by atoms with Crippen LogP contribution in [0.3, 0.4) is 0 Å². The van der Waals surface area contributed by atoms with Gasteiger partial charge in [0.15, 0.2) is 0 Å². The van der Waals surface area contributed by atoms with Gasteiger partial charge in [-0.15, -0.1) is 11.3 Å². The summed E-state index contributed by atoms with van der Waals surface area (Å²) in [6.07, 6.45) is 9.07. The van der Waals surface area contributed by atoms with Gasteiger partial charge >= 0.3 is 0 Å². The summed E-state index contributed by atoms with van der Waals surface area (Å²) >= 11 is 1.47. The molecule has 1 aliphatic carbocycles. The minimum absolute atomic E-state index is 0.0620. The molecule has 1 aliphatic heterocycles. The topological polar surface area (TPSA) is 62.3 Å². The maximum atomic E-state index is 13.1. The molecule has 1 atom stereocenters. The van der Waals surface area contributed by atoms with Gasteiger partial charge in [-0.2, -0.15) is 0 Å². The Kier molecular flexibility index (Phi) is 5.25. The van der Waals surface area contributed by atoms with Crippen LogP contribution in [-0.2, 0) is 11.3 Å². The van der Waals surface area contributed by atoms with E-state index in [-0.39, 0.29) is 23.1 Å². The molecule has 1 N–H and O–H groups in total. The molecule has 5 nitrogen and oxygen atoms in total. The third-order valence-electron chi connectivity index (χ3n) is 6.05. The van der Waals surface area contributed by atoms with Crippen molar-refractivity contribution in [3.05, 3.63) is 52.5 Å². The van der Waals surface area contributed by atoms with Gasteiger partial charge < -0.3 is 10.2 Å². The van der Waals surface area contributed by atoms with Gasteiger partial charge in [0.05, 0.1) is 10.8 Å². The normalized spacial score (nSPS) is 21.3. The van der Waals surface area contributed by atoms with Gasteiger partial charge in [-0.05, 0) is 42.0 Å². The van der Waals surface area contributed by atoms with Crippen LogP contribution in [0, 0.1) is 11.3 Å². The van der Waals surface area contributed by atoms with E-state index in [9.17, 15) is 9.59 Å². The van der Waals surface area contributed by atoms with Crippen LogP contribution >= 0.6 is 11.3 Å². The molecule has 1 saturated heterocycles. The molecule has 0 bridgehead atoms. The Balaban J connectivity index is 1.49. The minimum Gasteiger partial charge on any atom is -0.352 e. The highest BCUT2D eigenvalue weighted by Crippen LogP contribution is 2.48. The second-order valence-corrected chi connectivity index (χ2v) is 8.66. The molecule has 142 valence electrons. The summed E-state index contributed by atoms with van der Waals surface area (Å²) in [6.45, 7) is 1.74. The Hall–Kier alpha value is -2.21. The third kappa shape index (κ3) is 3.76. The molecule has 2 fully saturated rings. The van der Waals surface area contributed by atoms with E-state index in [4.69, 9.17) is 0 Å². The molecule has 2 aliphatic rings. The van der Waals surface area contributed by atoms with Crippen molar-refractivity contribution in [1.29, 1.82) is 0 Å². The monoisotopic (exact) mass is 383 g/mol. The van der Waals surface area contributed by atoms with Gasteiger partial charge in [-0.25, -0.2) is 0 Å². The largest absolute Gasteiger partial charge is 0.352 e. The Morgan fingerprint density at radius 3 is 2.67 bits per heavy atom. The van der Waals surface area contributed by atoms with Crippen LogP contribution in [0.5, 0.6) is 0 Å². The predicted molar refractivity (Wildman–Crippen MR) is 105 cm³/mol. The Bertz CT molecular complexity index is 785. The molecule has 1 unspecified atom stereocenters.